The number of carbonyl (C=O) groups excluding carboxylic acids is 1. The number of aromatic nitrogens is 4. The normalized spacial score (nSPS) is 11.0. The summed E-state index contributed by atoms with van der Waals surface area (Å²) in [4.78, 5) is 13.3. The minimum absolute atomic E-state index is 0.172. The molecule has 5 aromatic rings. The number of nitrogens with one attached hydrogen (secondary N) is 2. The van der Waals surface area contributed by atoms with Gasteiger partial charge in [-0.1, -0.05) is 46.3 Å². The number of carbonyl (C=O) groups is 1. The molecular formula is C23H17BrN6O2S2. The summed E-state index contributed by atoms with van der Waals surface area (Å²) >= 11 is 10.2. The fourth-order valence-corrected chi connectivity index (χ4v) is 4.59. The van der Waals surface area contributed by atoms with Gasteiger partial charge in [0.15, 0.2) is 16.7 Å². The van der Waals surface area contributed by atoms with Gasteiger partial charge in [0.05, 0.1) is 0 Å². The standard InChI is InChI=1S/C23H17BrN6O2S2/c1-2-19-27-28-23-30(19)29-21(34-23)14-5-9-16(10-6-14)25-22(33)26-20(31)18-12-11-17(32-18)13-3-7-15(24)8-4-13/h3-12H,2H2,1H3,(H2,25,26,31,33). The Morgan fingerprint density at radius 3 is 2.53 bits per heavy atom. The summed E-state index contributed by atoms with van der Waals surface area (Å²) in [6.45, 7) is 2.02. The maximum absolute atomic E-state index is 12.5. The van der Waals surface area contributed by atoms with Crippen LogP contribution in [0.1, 0.15) is 23.3 Å². The highest BCUT2D eigenvalue weighted by Gasteiger charge is 2.15. The fraction of sp³-hybridized carbons (Fsp3) is 0.0870. The maximum atomic E-state index is 12.5. The molecule has 2 aromatic carbocycles. The predicted molar refractivity (Wildman–Crippen MR) is 139 cm³/mol. The van der Waals surface area contributed by atoms with Gasteiger partial charge in [-0.05, 0) is 60.7 Å². The third-order valence-electron chi connectivity index (χ3n) is 4.95. The van der Waals surface area contributed by atoms with Crippen LogP contribution >= 0.6 is 39.5 Å². The summed E-state index contributed by atoms with van der Waals surface area (Å²) < 4.78 is 8.43. The Morgan fingerprint density at radius 2 is 1.79 bits per heavy atom. The molecule has 0 saturated carbocycles. The van der Waals surface area contributed by atoms with Crippen molar-refractivity contribution < 1.29 is 9.21 Å². The van der Waals surface area contributed by atoms with Crippen molar-refractivity contribution in [2.24, 2.45) is 0 Å². The van der Waals surface area contributed by atoms with E-state index in [-0.39, 0.29) is 10.9 Å². The van der Waals surface area contributed by atoms with E-state index in [4.69, 9.17) is 16.6 Å². The highest BCUT2D eigenvalue weighted by atomic mass is 79.9. The third-order valence-corrected chi connectivity index (χ3v) is 6.63. The summed E-state index contributed by atoms with van der Waals surface area (Å²) in [5.74, 6) is 1.18. The SMILES string of the molecule is CCc1nnc2sc(-c3ccc(NC(=S)NC(=O)c4ccc(-c5ccc(Br)cc5)o4)cc3)nn12. The molecule has 1 amide bonds. The van der Waals surface area contributed by atoms with E-state index in [1.165, 1.54) is 11.3 Å². The Morgan fingerprint density at radius 1 is 1.06 bits per heavy atom. The van der Waals surface area contributed by atoms with Crippen molar-refractivity contribution in [3.05, 3.63) is 76.7 Å². The second-order valence-electron chi connectivity index (χ2n) is 7.23. The largest absolute Gasteiger partial charge is 0.451 e. The van der Waals surface area contributed by atoms with Crippen LogP contribution in [0, 0.1) is 0 Å². The van der Waals surface area contributed by atoms with Crippen molar-refractivity contribution >= 4 is 61.2 Å². The smallest absolute Gasteiger partial charge is 0.293 e. The minimum atomic E-state index is -0.427. The van der Waals surface area contributed by atoms with Crippen molar-refractivity contribution in [2.75, 3.05) is 5.32 Å². The van der Waals surface area contributed by atoms with Crippen LogP contribution in [0.4, 0.5) is 5.69 Å². The van der Waals surface area contributed by atoms with E-state index in [0.717, 1.165) is 43.5 Å². The first-order valence-corrected chi connectivity index (χ1v) is 12.3. The minimum Gasteiger partial charge on any atom is -0.451 e. The summed E-state index contributed by atoms with van der Waals surface area (Å²) in [7, 11) is 0. The number of benzene rings is 2. The third kappa shape index (κ3) is 4.63. The summed E-state index contributed by atoms with van der Waals surface area (Å²) in [6.07, 6.45) is 0.764. The number of anilines is 1. The molecule has 8 nitrogen and oxygen atoms in total. The van der Waals surface area contributed by atoms with E-state index in [0.29, 0.717) is 5.76 Å². The van der Waals surface area contributed by atoms with Gasteiger partial charge in [-0.25, -0.2) is 0 Å². The summed E-state index contributed by atoms with van der Waals surface area (Å²) in [5, 5.41) is 19.5. The summed E-state index contributed by atoms with van der Waals surface area (Å²) in [5.41, 5.74) is 2.56. The van der Waals surface area contributed by atoms with E-state index >= 15 is 0 Å². The molecule has 0 aliphatic rings. The van der Waals surface area contributed by atoms with E-state index in [9.17, 15) is 4.79 Å². The molecule has 2 N–H and O–H groups in total. The van der Waals surface area contributed by atoms with Crippen LogP contribution in [-0.2, 0) is 6.42 Å². The van der Waals surface area contributed by atoms with Crippen LogP contribution in [0.3, 0.4) is 0 Å². The van der Waals surface area contributed by atoms with Crippen molar-refractivity contribution in [3.63, 3.8) is 0 Å². The zero-order chi connectivity index (χ0) is 23.7. The lowest BCUT2D eigenvalue weighted by Crippen LogP contribution is -2.33. The van der Waals surface area contributed by atoms with Gasteiger partial charge in [0, 0.05) is 27.7 Å². The molecule has 170 valence electrons. The molecule has 11 heteroatoms. The molecule has 3 heterocycles. The van der Waals surface area contributed by atoms with Crippen LogP contribution in [0.15, 0.2) is 69.6 Å². The van der Waals surface area contributed by atoms with Gasteiger partial charge in [-0.15, -0.1) is 10.2 Å². The first-order valence-electron chi connectivity index (χ1n) is 10.3. The van der Waals surface area contributed by atoms with Gasteiger partial charge < -0.3 is 9.73 Å². The topological polar surface area (TPSA) is 97.3 Å². The Kier molecular flexibility index (Phi) is 6.22. The number of thiocarbonyl (C=S) groups is 1. The lowest BCUT2D eigenvalue weighted by Gasteiger charge is -2.09. The molecular weight excluding hydrogens is 536 g/mol. The molecule has 5 rings (SSSR count). The lowest BCUT2D eigenvalue weighted by molar-refractivity contribution is 0.0951. The Balaban J connectivity index is 1.21. The predicted octanol–water partition coefficient (Wildman–Crippen LogP) is 5.56. The van der Waals surface area contributed by atoms with E-state index in [1.807, 2.05) is 55.5 Å². The summed E-state index contributed by atoms with van der Waals surface area (Å²) in [6, 6.07) is 18.6. The van der Waals surface area contributed by atoms with Gasteiger partial charge in [0.25, 0.3) is 5.91 Å². The van der Waals surface area contributed by atoms with E-state index < -0.39 is 5.91 Å². The molecule has 0 aliphatic carbocycles. The number of furan rings is 1. The monoisotopic (exact) mass is 552 g/mol. The Hall–Kier alpha value is -3.41. The van der Waals surface area contributed by atoms with Gasteiger partial charge >= 0.3 is 0 Å². The molecule has 0 fully saturated rings. The number of rotatable bonds is 5. The number of hydrogen-bond acceptors (Lipinski definition) is 7. The highest BCUT2D eigenvalue weighted by molar-refractivity contribution is 9.10. The molecule has 0 radical (unpaired) electrons. The Labute approximate surface area is 212 Å². The fourth-order valence-electron chi connectivity index (χ4n) is 3.25. The number of nitrogens with zero attached hydrogens (tertiary/aromatic N) is 4. The molecule has 0 spiro atoms. The van der Waals surface area contributed by atoms with Gasteiger partial charge in [0.1, 0.15) is 10.8 Å². The van der Waals surface area contributed by atoms with Crippen molar-refractivity contribution in [1.29, 1.82) is 0 Å². The first-order chi connectivity index (χ1) is 16.5. The van der Waals surface area contributed by atoms with Gasteiger partial charge in [-0.2, -0.15) is 9.61 Å². The van der Waals surface area contributed by atoms with Crippen LogP contribution in [0.2, 0.25) is 0 Å². The van der Waals surface area contributed by atoms with Crippen molar-refractivity contribution in [2.45, 2.75) is 13.3 Å². The van der Waals surface area contributed by atoms with Crippen LogP contribution in [-0.4, -0.2) is 30.8 Å². The molecule has 0 saturated heterocycles. The number of aryl methyl sites for hydroxylation is 1. The quantitative estimate of drug-likeness (QED) is 0.275. The first kappa shape index (κ1) is 22.4. The number of hydrogen-bond donors (Lipinski definition) is 2. The number of fused-ring (bicyclic) bond motifs is 1. The van der Waals surface area contributed by atoms with Gasteiger partial charge in [-0.3, -0.25) is 10.1 Å². The average molecular weight is 553 g/mol. The average Bonchev–Trinajstić information content (AvgIpc) is 3.56. The van der Waals surface area contributed by atoms with Crippen LogP contribution in [0.25, 0.3) is 26.9 Å². The number of amides is 1. The Bertz CT molecular complexity index is 1490. The zero-order valence-electron chi connectivity index (χ0n) is 17.8. The maximum Gasteiger partial charge on any atom is 0.293 e. The van der Waals surface area contributed by atoms with Gasteiger partial charge in [0.2, 0.25) is 4.96 Å². The zero-order valence-corrected chi connectivity index (χ0v) is 21.0. The van der Waals surface area contributed by atoms with E-state index in [2.05, 4.69) is 41.9 Å². The molecule has 0 atom stereocenters. The molecule has 3 aromatic heterocycles. The number of halogens is 1. The second kappa shape index (κ2) is 9.45. The molecule has 0 bridgehead atoms. The second-order valence-corrected chi connectivity index (χ2v) is 9.51. The van der Waals surface area contributed by atoms with Crippen LogP contribution < -0.4 is 10.6 Å². The van der Waals surface area contributed by atoms with E-state index in [1.54, 1.807) is 16.6 Å². The van der Waals surface area contributed by atoms with Crippen molar-refractivity contribution in [3.8, 4) is 21.9 Å². The highest BCUT2D eigenvalue weighted by Crippen LogP contribution is 2.27. The van der Waals surface area contributed by atoms with Crippen LogP contribution in [0.5, 0.6) is 0 Å². The lowest BCUT2D eigenvalue weighted by atomic mass is 10.2. The molecule has 0 unspecified atom stereocenters. The molecule has 0 aliphatic heterocycles. The van der Waals surface area contributed by atoms with Crippen molar-refractivity contribution in [1.82, 2.24) is 25.1 Å². The molecule has 34 heavy (non-hydrogen) atoms.